The van der Waals surface area contributed by atoms with E-state index in [1.807, 2.05) is 11.8 Å². The number of sulfonamides is 1. The van der Waals surface area contributed by atoms with Gasteiger partial charge in [0.05, 0.1) is 24.4 Å². The second-order valence-corrected chi connectivity index (χ2v) is 6.19. The summed E-state index contributed by atoms with van der Waals surface area (Å²) >= 11 is 0. The molecule has 0 radical (unpaired) electrons. The molecule has 0 saturated carbocycles. The SMILES string of the molecule is CCOc1ccc(S(=O)(=O)NNC(=O)c2ccco2)cc1OCC. The minimum Gasteiger partial charge on any atom is -0.490 e. The van der Waals surface area contributed by atoms with Crippen molar-refractivity contribution in [1.82, 2.24) is 10.3 Å². The highest BCUT2D eigenvalue weighted by molar-refractivity contribution is 7.89. The van der Waals surface area contributed by atoms with Gasteiger partial charge in [-0.2, -0.15) is 0 Å². The van der Waals surface area contributed by atoms with E-state index < -0.39 is 15.9 Å². The van der Waals surface area contributed by atoms with E-state index in [9.17, 15) is 13.2 Å². The van der Waals surface area contributed by atoms with Crippen molar-refractivity contribution in [3.05, 3.63) is 42.4 Å². The van der Waals surface area contributed by atoms with Crippen molar-refractivity contribution in [3.63, 3.8) is 0 Å². The quantitative estimate of drug-likeness (QED) is 0.699. The van der Waals surface area contributed by atoms with Gasteiger partial charge in [-0.3, -0.25) is 10.2 Å². The number of rotatable bonds is 8. The molecule has 0 aliphatic heterocycles. The number of nitrogens with one attached hydrogen (secondary N) is 2. The summed E-state index contributed by atoms with van der Waals surface area (Å²) in [4.78, 5) is 13.6. The number of carbonyl (C=O) groups excluding carboxylic acids is 1. The molecule has 0 atom stereocenters. The highest BCUT2D eigenvalue weighted by atomic mass is 32.2. The van der Waals surface area contributed by atoms with Crippen molar-refractivity contribution in [2.75, 3.05) is 13.2 Å². The summed E-state index contributed by atoms with van der Waals surface area (Å²) in [7, 11) is -3.98. The summed E-state index contributed by atoms with van der Waals surface area (Å²) < 4.78 is 40.2. The van der Waals surface area contributed by atoms with E-state index in [1.54, 1.807) is 6.92 Å². The van der Waals surface area contributed by atoms with Gasteiger partial charge in [-0.25, -0.2) is 8.42 Å². The number of furan rings is 1. The van der Waals surface area contributed by atoms with Crippen LogP contribution in [0.2, 0.25) is 0 Å². The molecule has 0 saturated heterocycles. The molecule has 1 amide bonds. The summed E-state index contributed by atoms with van der Waals surface area (Å²) in [6.45, 7) is 4.36. The Morgan fingerprint density at radius 1 is 1.12 bits per heavy atom. The molecule has 1 aromatic heterocycles. The molecule has 0 fully saturated rings. The Morgan fingerprint density at radius 2 is 1.83 bits per heavy atom. The van der Waals surface area contributed by atoms with E-state index in [-0.39, 0.29) is 10.7 Å². The van der Waals surface area contributed by atoms with E-state index in [0.29, 0.717) is 24.7 Å². The van der Waals surface area contributed by atoms with Crippen LogP contribution in [0.4, 0.5) is 0 Å². The standard InChI is InChI=1S/C15H18N2O6S/c1-3-21-12-8-7-11(10-14(12)22-4-2)24(19,20)17-16-15(18)13-6-5-9-23-13/h5-10,17H,3-4H2,1-2H3,(H,16,18). The molecule has 0 aliphatic carbocycles. The van der Waals surface area contributed by atoms with Gasteiger partial charge in [0.15, 0.2) is 17.3 Å². The Hall–Kier alpha value is -2.52. The molecule has 1 heterocycles. The fraction of sp³-hybridized carbons (Fsp3) is 0.267. The Morgan fingerprint density at radius 3 is 2.46 bits per heavy atom. The maximum absolute atomic E-state index is 12.3. The monoisotopic (exact) mass is 354 g/mol. The molecule has 24 heavy (non-hydrogen) atoms. The lowest BCUT2D eigenvalue weighted by Crippen LogP contribution is -2.41. The summed E-state index contributed by atoms with van der Waals surface area (Å²) in [6, 6.07) is 7.11. The average molecular weight is 354 g/mol. The lowest BCUT2D eigenvalue weighted by molar-refractivity contribution is 0.0917. The lowest BCUT2D eigenvalue weighted by atomic mass is 10.3. The first-order valence-electron chi connectivity index (χ1n) is 7.23. The average Bonchev–Trinajstić information content (AvgIpc) is 3.09. The zero-order valence-electron chi connectivity index (χ0n) is 13.2. The maximum atomic E-state index is 12.3. The predicted molar refractivity (Wildman–Crippen MR) is 85.3 cm³/mol. The Labute approximate surface area is 139 Å². The van der Waals surface area contributed by atoms with Gasteiger partial charge in [-0.05, 0) is 38.1 Å². The van der Waals surface area contributed by atoms with Gasteiger partial charge in [0, 0.05) is 6.07 Å². The molecule has 9 heteroatoms. The molecule has 0 unspecified atom stereocenters. The number of hydrogen-bond acceptors (Lipinski definition) is 6. The van der Waals surface area contributed by atoms with Crippen molar-refractivity contribution in [2.24, 2.45) is 0 Å². The van der Waals surface area contributed by atoms with E-state index in [0.717, 1.165) is 0 Å². The number of hydrogen-bond donors (Lipinski definition) is 2. The topological polar surface area (TPSA) is 107 Å². The van der Waals surface area contributed by atoms with Crippen LogP contribution in [0.3, 0.4) is 0 Å². The van der Waals surface area contributed by atoms with Crippen LogP contribution in [0.5, 0.6) is 11.5 Å². The van der Waals surface area contributed by atoms with Crippen LogP contribution in [0.1, 0.15) is 24.4 Å². The minimum atomic E-state index is -3.98. The number of ether oxygens (including phenoxy) is 2. The van der Waals surface area contributed by atoms with Crippen LogP contribution < -0.4 is 19.7 Å². The lowest BCUT2D eigenvalue weighted by Gasteiger charge is -2.13. The molecule has 2 rings (SSSR count). The van der Waals surface area contributed by atoms with Gasteiger partial charge in [-0.1, -0.05) is 0 Å². The fourth-order valence-corrected chi connectivity index (χ4v) is 2.69. The normalized spacial score (nSPS) is 11.1. The van der Waals surface area contributed by atoms with Crippen molar-refractivity contribution < 1.29 is 27.1 Å². The van der Waals surface area contributed by atoms with E-state index in [1.165, 1.54) is 36.6 Å². The Bertz CT molecular complexity index is 786. The second kappa shape index (κ2) is 7.84. The summed E-state index contributed by atoms with van der Waals surface area (Å²) in [5.41, 5.74) is 2.07. The molecule has 130 valence electrons. The third-order valence-corrected chi connectivity index (χ3v) is 4.11. The number of benzene rings is 1. The van der Waals surface area contributed by atoms with Gasteiger partial charge in [0.25, 0.3) is 10.0 Å². The Balaban J connectivity index is 2.16. The molecule has 0 spiro atoms. The highest BCUT2D eigenvalue weighted by Crippen LogP contribution is 2.30. The molecular formula is C15H18N2O6S. The highest BCUT2D eigenvalue weighted by Gasteiger charge is 2.19. The van der Waals surface area contributed by atoms with Gasteiger partial charge in [0.1, 0.15) is 0 Å². The number of carbonyl (C=O) groups is 1. The van der Waals surface area contributed by atoms with Gasteiger partial charge >= 0.3 is 5.91 Å². The van der Waals surface area contributed by atoms with Crippen molar-refractivity contribution in [2.45, 2.75) is 18.7 Å². The molecule has 0 bridgehead atoms. The van der Waals surface area contributed by atoms with Crippen LogP contribution in [0, 0.1) is 0 Å². The van der Waals surface area contributed by atoms with Gasteiger partial charge in [0.2, 0.25) is 0 Å². The largest absolute Gasteiger partial charge is 0.490 e. The smallest absolute Gasteiger partial charge is 0.301 e. The summed E-state index contributed by atoms with van der Waals surface area (Å²) in [5, 5.41) is 0. The Kier molecular flexibility index (Phi) is 5.83. The number of hydrazine groups is 1. The fourth-order valence-electron chi connectivity index (χ4n) is 1.84. The molecular weight excluding hydrogens is 336 g/mol. The number of amides is 1. The first-order chi connectivity index (χ1) is 11.5. The maximum Gasteiger partial charge on any atom is 0.301 e. The summed E-state index contributed by atoms with van der Waals surface area (Å²) in [5.74, 6) is 0.0245. The summed E-state index contributed by atoms with van der Waals surface area (Å²) in [6.07, 6.45) is 1.31. The van der Waals surface area contributed by atoms with Crippen molar-refractivity contribution >= 4 is 15.9 Å². The van der Waals surface area contributed by atoms with E-state index in [4.69, 9.17) is 13.9 Å². The molecule has 2 N–H and O–H groups in total. The zero-order valence-corrected chi connectivity index (χ0v) is 14.1. The first-order valence-corrected chi connectivity index (χ1v) is 8.71. The van der Waals surface area contributed by atoms with Crippen LogP contribution in [0.15, 0.2) is 45.9 Å². The van der Waals surface area contributed by atoms with Crippen LogP contribution >= 0.6 is 0 Å². The molecule has 8 nitrogen and oxygen atoms in total. The molecule has 2 aromatic rings. The van der Waals surface area contributed by atoms with Gasteiger partial charge < -0.3 is 13.9 Å². The minimum absolute atomic E-state index is 0.0144. The van der Waals surface area contributed by atoms with Crippen molar-refractivity contribution in [1.29, 1.82) is 0 Å². The third-order valence-electron chi connectivity index (χ3n) is 2.87. The van der Waals surface area contributed by atoms with E-state index in [2.05, 4.69) is 5.43 Å². The first kappa shape index (κ1) is 17.8. The predicted octanol–water partition coefficient (Wildman–Crippen LogP) is 1.70. The van der Waals surface area contributed by atoms with E-state index >= 15 is 0 Å². The molecule has 0 aliphatic rings. The van der Waals surface area contributed by atoms with Crippen LogP contribution in [0.25, 0.3) is 0 Å². The second-order valence-electron chi connectivity index (χ2n) is 4.51. The van der Waals surface area contributed by atoms with Crippen molar-refractivity contribution in [3.8, 4) is 11.5 Å². The molecule has 1 aromatic carbocycles. The van der Waals surface area contributed by atoms with Crippen LogP contribution in [-0.4, -0.2) is 27.5 Å². The zero-order chi connectivity index (χ0) is 17.6. The van der Waals surface area contributed by atoms with Crippen LogP contribution in [-0.2, 0) is 10.0 Å². The third kappa shape index (κ3) is 4.27. The van der Waals surface area contributed by atoms with Gasteiger partial charge in [-0.15, -0.1) is 4.83 Å².